The number of hydrogen-bond acceptors (Lipinski definition) is 2. The van der Waals surface area contributed by atoms with E-state index in [-0.39, 0.29) is 0 Å². The number of rotatable bonds is 1. The molecule has 0 fully saturated rings. The SMILES string of the molecule is CCN1CCCc2cc(C#N)ccc21. The van der Waals surface area contributed by atoms with Gasteiger partial charge in [-0.1, -0.05) is 0 Å². The second-order valence-electron chi connectivity index (χ2n) is 3.64. The van der Waals surface area contributed by atoms with Crippen LogP contribution < -0.4 is 4.90 Å². The number of anilines is 1. The topological polar surface area (TPSA) is 27.0 Å². The average Bonchev–Trinajstić information content (AvgIpc) is 2.27. The van der Waals surface area contributed by atoms with Crippen LogP contribution in [-0.4, -0.2) is 13.1 Å². The van der Waals surface area contributed by atoms with E-state index >= 15 is 0 Å². The van der Waals surface area contributed by atoms with Crippen LogP contribution in [0.5, 0.6) is 0 Å². The Labute approximate surface area is 84.8 Å². The molecule has 0 unspecified atom stereocenters. The van der Waals surface area contributed by atoms with Crippen molar-refractivity contribution < 1.29 is 0 Å². The molecule has 72 valence electrons. The molecule has 1 aromatic rings. The summed E-state index contributed by atoms with van der Waals surface area (Å²) in [4.78, 5) is 2.37. The molecule has 1 aromatic carbocycles. The van der Waals surface area contributed by atoms with Gasteiger partial charge in [-0.3, -0.25) is 0 Å². The van der Waals surface area contributed by atoms with Crippen molar-refractivity contribution in [3.63, 3.8) is 0 Å². The third-order valence-electron chi connectivity index (χ3n) is 2.81. The van der Waals surface area contributed by atoms with Crippen molar-refractivity contribution >= 4 is 5.69 Å². The van der Waals surface area contributed by atoms with E-state index < -0.39 is 0 Å². The first-order chi connectivity index (χ1) is 6.85. The van der Waals surface area contributed by atoms with Crippen LogP contribution in [0.2, 0.25) is 0 Å². The molecule has 0 spiro atoms. The van der Waals surface area contributed by atoms with E-state index in [0.717, 1.165) is 25.1 Å². The third-order valence-corrected chi connectivity index (χ3v) is 2.81. The minimum atomic E-state index is 0.779. The Balaban J connectivity index is 2.42. The van der Waals surface area contributed by atoms with E-state index in [1.165, 1.54) is 17.7 Å². The zero-order valence-electron chi connectivity index (χ0n) is 8.45. The molecule has 14 heavy (non-hydrogen) atoms. The van der Waals surface area contributed by atoms with Crippen molar-refractivity contribution in [2.45, 2.75) is 19.8 Å². The Kier molecular flexibility index (Phi) is 2.41. The fourth-order valence-electron chi connectivity index (χ4n) is 2.07. The van der Waals surface area contributed by atoms with E-state index in [1.807, 2.05) is 12.1 Å². The molecule has 2 rings (SSSR count). The first-order valence-corrected chi connectivity index (χ1v) is 5.13. The van der Waals surface area contributed by atoms with Crippen LogP contribution in [0.3, 0.4) is 0 Å². The van der Waals surface area contributed by atoms with Crippen LogP contribution in [0, 0.1) is 11.3 Å². The zero-order valence-corrected chi connectivity index (χ0v) is 8.45. The van der Waals surface area contributed by atoms with Crippen molar-refractivity contribution in [2.24, 2.45) is 0 Å². The summed E-state index contributed by atoms with van der Waals surface area (Å²) in [6.45, 7) is 4.38. The summed E-state index contributed by atoms with van der Waals surface area (Å²) in [6, 6.07) is 8.21. The van der Waals surface area contributed by atoms with Gasteiger partial charge in [0.05, 0.1) is 11.6 Å². The summed E-state index contributed by atoms with van der Waals surface area (Å²) in [5.41, 5.74) is 3.43. The normalized spacial score (nSPS) is 14.7. The maximum absolute atomic E-state index is 8.80. The Bertz CT molecular complexity index is 376. The number of hydrogen-bond donors (Lipinski definition) is 0. The minimum Gasteiger partial charge on any atom is -0.372 e. The van der Waals surface area contributed by atoms with Gasteiger partial charge in [0.25, 0.3) is 0 Å². The molecule has 0 aliphatic carbocycles. The zero-order chi connectivity index (χ0) is 9.97. The fraction of sp³-hybridized carbons (Fsp3) is 0.417. The maximum Gasteiger partial charge on any atom is 0.0991 e. The van der Waals surface area contributed by atoms with E-state index in [4.69, 9.17) is 5.26 Å². The second-order valence-corrected chi connectivity index (χ2v) is 3.64. The Morgan fingerprint density at radius 1 is 1.50 bits per heavy atom. The van der Waals surface area contributed by atoms with Gasteiger partial charge in [0, 0.05) is 18.8 Å². The Morgan fingerprint density at radius 3 is 3.07 bits per heavy atom. The molecule has 0 aromatic heterocycles. The van der Waals surface area contributed by atoms with Crippen LogP contribution in [0.25, 0.3) is 0 Å². The average molecular weight is 186 g/mol. The second kappa shape index (κ2) is 3.71. The lowest BCUT2D eigenvalue weighted by Gasteiger charge is -2.30. The molecule has 0 N–H and O–H groups in total. The number of nitriles is 1. The highest BCUT2D eigenvalue weighted by atomic mass is 15.1. The minimum absolute atomic E-state index is 0.779. The van der Waals surface area contributed by atoms with Crippen LogP contribution in [0.4, 0.5) is 5.69 Å². The van der Waals surface area contributed by atoms with Gasteiger partial charge in [0.2, 0.25) is 0 Å². The standard InChI is InChI=1S/C12H14N2/c1-2-14-7-3-4-11-8-10(9-13)5-6-12(11)14/h5-6,8H,2-4,7H2,1H3. The van der Waals surface area contributed by atoms with Crippen molar-refractivity contribution in [1.29, 1.82) is 5.26 Å². The largest absolute Gasteiger partial charge is 0.372 e. The van der Waals surface area contributed by atoms with Crippen LogP contribution in [0.1, 0.15) is 24.5 Å². The van der Waals surface area contributed by atoms with E-state index in [0.29, 0.717) is 0 Å². The first kappa shape index (κ1) is 9.08. The van der Waals surface area contributed by atoms with Gasteiger partial charge in [-0.05, 0) is 43.5 Å². The molecule has 2 heteroatoms. The van der Waals surface area contributed by atoms with Crippen LogP contribution in [-0.2, 0) is 6.42 Å². The first-order valence-electron chi connectivity index (χ1n) is 5.13. The Hall–Kier alpha value is -1.49. The molecule has 0 bridgehead atoms. The molecule has 0 radical (unpaired) electrons. The lowest BCUT2D eigenvalue weighted by Crippen LogP contribution is -2.28. The van der Waals surface area contributed by atoms with Crippen molar-refractivity contribution in [3.05, 3.63) is 29.3 Å². The van der Waals surface area contributed by atoms with Gasteiger partial charge in [0.15, 0.2) is 0 Å². The molecule has 1 aliphatic rings. The molecule has 0 saturated heterocycles. The predicted octanol–water partition coefficient (Wildman–Crippen LogP) is 2.33. The molecule has 1 heterocycles. The van der Waals surface area contributed by atoms with Gasteiger partial charge in [-0.25, -0.2) is 0 Å². The summed E-state index contributed by atoms with van der Waals surface area (Å²) in [5.74, 6) is 0. The fourth-order valence-corrected chi connectivity index (χ4v) is 2.07. The molecular formula is C12H14N2. The smallest absolute Gasteiger partial charge is 0.0991 e. The van der Waals surface area contributed by atoms with Crippen molar-refractivity contribution in [3.8, 4) is 6.07 Å². The summed E-state index contributed by atoms with van der Waals surface area (Å²) in [5, 5.41) is 8.80. The molecule has 1 aliphatic heterocycles. The predicted molar refractivity (Wildman–Crippen MR) is 57.4 cm³/mol. The number of benzene rings is 1. The van der Waals surface area contributed by atoms with Gasteiger partial charge in [-0.15, -0.1) is 0 Å². The van der Waals surface area contributed by atoms with E-state index in [1.54, 1.807) is 0 Å². The summed E-state index contributed by atoms with van der Waals surface area (Å²) in [6.07, 6.45) is 2.32. The van der Waals surface area contributed by atoms with Gasteiger partial charge >= 0.3 is 0 Å². The maximum atomic E-state index is 8.80. The molecule has 0 amide bonds. The number of nitrogens with zero attached hydrogens (tertiary/aromatic N) is 2. The van der Waals surface area contributed by atoms with Crippen LogP contribution >= 0.6 is 0 Å². The third kappa shape index (κ3) is 1.46. The molecule has 0 atom stereocenters. The van der Waals surface area contributed by atoms with Crippen molar-refractivity contribution in [2.75, 3.05) is 18.0 Å². The van der Waals surface area contributed by atoms with Gasteiger partial charge in [0.1, 0.15) is 0 Å². The summed E-state index contributed by atoms with van der Waals surface area (Å²) < 4.78 is 0. The lowest BCUT2D eigenvalue weighted by atomic mass is 9.99. The highest BCUT2D eigenvalue weighted by molar-refractivity contribution is 5.58. The van der Waals surface area contributed by atoms with Gasteiger partial charge in [-0.2, -0.15) is 5.26 Å². The lowest BCUT2D eigenvalue weighted by molar-refractivity contribution is 0.707. The summed E-state index contributed by atoms with van der Waals surface area (Å²) >= 11 is 0. The van der Waals surface area contributed by atoms with Gasteiger partial charge < -0.3 is 4.90 Å². The number of aryl methyl sites for hydroxylation is 1. The molecule has 0 saturated carbocycles. The monoisotopic (exact) mass is 186 g/mol. The highest BCUT2D eigenvalue weighted by Crippen LogP contribution is 2.27. The quantitative estimate of drug-likeness (QED) is 0.673. The number of fused-ring (bicyclic) bond motifs is 1. The molecule has 2 nitrogen and oxygen atoms in total. The summed E-state index contributed by atoms with van der Waals surface area (Å²) in [7, 11) is 0. The Morgan fingerprint density at radius 2 is 2.36 bits per heavy atom. The van der Waals surface area contributed by atoms with Crippen LogP contribution in [0.15, 0.2) is 18.2 Å². The molecular weight excluding hydrogens is 172 g/mol. The van der Waals surface area contributed by atoms with E-state index in [2.05, 4.69) is 24.0 Å². The van der Waals surface area contributed by atoms with Crippen molar-refractivity contribution in [1.82, 2.24) is 0 Å². The van der Waals surface area contributed by atoms with E-state index in [9.17, 15) is 0 Å². The highest BCUT2D eigenvalue weighted by Gasteiger charge is 2.15.